The highest BCUT2D eigenvalue weighted by atomic mass is 16.1. The van der Waals surface area contributed by atoms with E-state index in [2.05, 4.69) is 10.2 Å². The molecule has 4 heteroatoms. The van der Waals surface area contributed by atoms with Crippen molar-refractivity contribution in [1.29, 1.82) is 0 Å². The molecule has 4 nitrogen and oxygen atoms in total. The van der Waals surface area contributed by atoms with Crippen molar-refractivity contribution in [1.82, 2.24) is 10.2 Å². The Bertz CT molecular complexity index is 229. The van der Waals surface area contributed by atoms with E-state index in [4.69, 9.17) is 5.73 Å². The molecule has 1 saturated heterocycles. The van der Waals surface area contributed by atoms with Crippen LogP contribution < -0.4 is 11.1 Å². The van der Waals surface area contributed by atoms with Crippen LogP contribution in [0.3, 0.4) is 0 Å². The number of nitrogens with two attached hydrogens (primary N) is 1. The van der Waals surface area contributed by atoms with Crippen molar-refractivity contribution >= 4 is 5.91 Å². The minimum absolute atomic E-state index is 0.0659. The minimum atomic E-state index is -0.406. The van der Waals surface area contributed by atoms with Crippen LogP contribution in [0.4, 0.5) is 0 Å². The Hall–Kier alpha value is -0.610. The Labute approximate surface area is 105 Å². The Kier molecular flexibility index (Phi) is 5.92. The summed E-state index contributed by atoms with van der Waals surface area (Å²) >= 11 is 0. The Balaban J connectivity index is 2.01. The van der Waals surface area contributed by atoms with E-state index in [0.29, 0.717) is 6.42 Å². The molecule has 3 N–H and O–H groups in total. The number of amides is 1. The number of nitrogens with zero attached hydrogens (tertiary/aromatic N) is 1. The van der Waals surface area contributed by atoms with Crippen molar-refractivity contribution in [3.05, 3.63) is 0 Å². The lowest BCUT2D eigenvalue weighted by atomic mass is 10.0. The lowest BCUT2D eigenvalue weighted by molar-refractivity contribution is -0.122. The second-order valence-electron chi connectivity index (χ2n) is 5.77. The van der Waals surface area contributed by atoms with Crippen LogP contribution in [0.1, 0.15) is 46.0 Å². The molecule has 1 heterocycles. The van der Waals surface area contributed by atoms with Gasteiger partial charge in [-0.05, 0) is 52.7 Å². The zero-order valence-electron chi connectivity index (χ0n) is 11.3. The molecule has 0 aliphatic carbocycles. The summed E-state index contributed by atoms with van der Waals surface area (Å²) in [7, 11) is 0. The van der Waals surface area contributed by atoms with Crippen LogP contribution in [0.2, 0.25) is 0 Å². The summed E-state index contributed by atoms with van der Waals surface area (Å²) in [5.41, 5.74) is 5.38. The quantitative estimate of drug-likeness (QED) is 0.685. The predicted molar refractivity (Wildman–Crippen MR) is 70.8 cm³/mol. The van der Waals surface area contributed by atoms with Gasteiger partial charge in [0, 0.05) is 18.5 Å². The third-order valence-corrected chi connectivity index (χ3v) is 3.04. The topological polar surface area (TPSA) is 58.4 Å². The maximum Gasteiger partial charge on any atom is 0.221 e. The highest BCUT2D eigenvalue weighted by Gasteiger charge is 2.15. The van der Waals surface area contributed by atoms with E-state index >= 15 is 0 Å². The second kappa shape index (κ2) is 6.97. The summed E-state index contributed by atoms with van der Waals surface area (Å²) in [6, 6.07) is 0. The van der Waals surface area contributed by atoms with E-state index in [1.54, 1.807) is 0 Å². The van der Waals surface area contributed by atoms with Crippen molar-refractivity contribution in [3.63, 3.8) is 0 Å². The fourth-order valence-electron chi connectivity index (χ4n) is 2.19. The first-order valence-electron chi connectivity index (χ1n) is 6.75. The van der Waals surface area contributed by atoms with E-state index in [9.17, 15) is 4.79 Å². The average Bonchev–Trinajstić information content (AvgIpc) is 2.23. The van der Waals surface area contributed by atoms with Gasteiger partial charge in [-0.25, -0.2) is 0 Å². The highest BCUT2D eigenvalue weighted by Crippen LogP contribution is 2.08. The molecule has 1 aliphatic heterocycles. The first kappa shape index (κ1) is 14.5. The van der Waals surface area contributed by atoms with Crippen molar-refractivity contribution < 1.29 is 4.79 Å². The number of carbonyl (C=O) groups excluding carboxylic acids is 1. The molecular formula is C13H27N3O. The SMILES string of the molecule is CC(C)(N)CC(=O)NCCCN1CCCCC1. The van der Waals surface area contributed by atoms with Crippen LogP contribution in [0.15, 0.2) is 0 Å². The monoisotopic (exact) mass is 241 g/mol. The number of likely N-dealkylation sites (tertiary alicyclic amines) is 1. The van der Waals surface area contributed by atoms with E-state index in [-0.39, 0.29) is 5.91 Å². The van der Waals surface area contributed by atoms with E-state index < -0.39 is 5.54 Å². The fourth-order valence-corrected chi connectivity index (χ4v) is 2.19. The number of piperidine rings is 1. The van der Waals surface area contributed by atoms with Gasteiger partial charge in [0.15, 0.2) is 0 Å². The van der Waals surface area contributed by atoms with Gasteiger partial charge in [0.1, 0.15) is 0 Å². The third-order valence-electron chi connectivity index (χ3n) is 3.04. The van der Waals surface area contributed by atoms with E-state index in [1.807, 2.05) is 13.8 Å². The largest absolute Gasteiger partial charge is 0.356 e. The number of carbonyl (C=O) groups is 1. The Morgan fingerprint density at radius 1 is 1.29 bits per heavy atom. The van der Waals surface area contributed by atoms with Crippen LogP contribution in [-0.4, -0.2) is 42.5 Å². The summed E-state index contributed by atoms with van der Waals surface area (Å²) in [5.74, 6) is 0.0659. The maximum atomic E-state index is 11.5. The molecule has 1 aliphatic rings. The summed E-state index contributed by atoms with van der Waals surface area (Å²) in [6.07, 6.45) is 5.47. The van der Waals surface area contributed by atoms with Gasteiger partial charge in [-0.2, -0.15) is 0 Å². The van der Waals surface area contributed by atoms with Gasteiger partial charge in [0.2, 0.25) is 5.91 Å². The lowest BCUT2D eigenvalue weighted by Crippen LogP contribution is -2.40. The van der Waals surface area contributed by atoms with Crippen molar-refractivity contribution in [3.8, 4) is 0 Å². The molecule has 0 radical (unpaired) electrons. The molecule has 0 aromatic rings. The molecule has 17 heavy (non-hydrogen) atoms. The third kappa shape index (κ3) is 7.34. The Morgan fingerprint density at radius 3 is 2.53 bits per heavy atom. The van der Waals surface area contributed by atoms with Gasteiger partial charge in [-0.3, -0.25) is 4.79 Å². The second-order valence-corrected chi connectivity index (χ2v) is 5.77. The molecule has 0 unspecified atom stereocenters. The molecule has 1 fully saturated rings. The molecule has 1 amide bonds. The first-order chi connectivity index (χ1) is 7.97. The number of rotatable bonds is 6. The number of nitrogens with one attached hydrogen (secondary N) is 1. The minimum Gasteiger partial charge on any atom is -0.356 e. The lowest BCUT2D eigenvalue weighted by Gasteiger charge is -2.26. The van der Waals surface area contributed by atoms with E-state index in [1.165, 1.54) is 32.4 Å². The summed E-state index contributed by atoms with van der Waals surface area (Å²) in [6.45, 7) is 8.08. The van der Waals surface area contributed by atoms with Gasteiger partial charge >= 0.3 is 0 Å². The molecule has 0 spiro atoms. The molecule has 100 valence electrons. The van der Waals surface area contributed by atoms with Crippen molar-refractivity contribution in [2.75, 3.05) is 26.2 Å². The number of hydrogen-bond acceptors (Lipinski definition) is 3. The molecule has 0 aromatic carbocycles. The molecular weight excluding hydrogens is 214 g/mol. The molecule has 0 aromatic heterocycles. The summed E-state index contributed by atoms with van der Waals surface area (Å²) in [5, 5.41) is 2.93. The van der Waals surface area contributed by atoms with Crippen LogP contribution >= 0.6 is 0 Å². The van der Waals surface area contributed by atoms with Gasteiger partial charge in [-0.15, -0.1) is 0 Å². The standard InChI is InChI=1S/C13H27N3O/c1-13(2,14)11-12(17)15-7-6-10-16-8-4-3-5-9-16/h3-11,14H2,1-2H3,(H,15,17). The van der Waals surface area contributed by atoms with Crippen LogP contribution in [0, 0.1) is 0 Å². The van der Waals surface area contributed by atoms with Gasteiger partial charge in [-0.1, -0.05) is 6.42 Å². The summed E-state index contributed by atoms with van der Waals surface area (Å²) < 4.78 is 0. The zero-order valence-corrected chi connectivity index (χ0v) is 11.3. The normalized spacial score (nSPS) is 18.1. The molecule has 0 bridgehead atoms. The van der Waals surface area contributed by atoms with Crippen molar-refractivity contribution in [2.24, 2.45) is 5.73 Å². The molecule has 1 rings (SSSR count). The highest BCUT2D eigenvalue weighted by molar-refractivity contribution is 5.76. The van der Waals surface area contributed by atoms with Crippen LogP contribution in [0.5, 0.6) is 0 Å². The average molecular weight is 241 g/mol. The van der Waals surface area contributed by atoms with Gasteiger partial charge < -0.3 is 16.0 Å². The maximum absolute atomic E-state index is 11.5. The van der Waals surface area contributed by atoms with Crippen LogP contribution in [0.25, 0.3) is 0 Å². The molecule has 0 saturated carbocycles. The smallest absolute Gasteiger partial charge is 0.221 e. The Morgan fingerprint density at radius 2 is 1.94 bits per heavy atom. The number of hydrogen-bond donors (Lipinski definition) is 2. The van der Waals surface area contributed by atoms with E-state index in [0.717, 1.165) is 19.5 Å². The fraction of sp³-hybridized carbons (Fsp3) is 0.923. The van der Waals surface area contributed by atoms with Gasteiger partial charge in [0.05, 0.1) is 0 Å². The zero-order chi connectivity index (χ0) is 12.7. The van der Waals surface area contributed by atoms with Crippen LogP contribution in [-0.2, 0) is 4.79 Å². The van der Waals surface area contributed by atoms with Crippen molar-refractivity contribution in [2.45, 2.75) is 51.5 Å². The van der Waals surface area contributed by atoms with Gasteiger partial charge in [0.25, 0.3) is 0 Å². The molecule has 0 atom stereocenters. The first-order valence-corrected chi connectivity index (χ1v) is 6.75. The predicted octanol–water partition coefficient (Wildman–Crippen LogP) is 1.11. The summed E-state index contributed by atoms with van der Waals surface area (Å²) in [4.78, 5) is 14.0.